The van der Waals surface area contributed by atoms with Crippen molar-refractivity contribution >= 4 is 39.0 Å². The van der Waals surface area contributed by atoms with Crippen molar-refractivity contribution in [1.82, 2.24) is 4.57 Å². The molecule has 3 aromatic rings. The van der Waals surface area contributed by atoms with Crippen molar-refractivity contribution in [1.29, 1.82) is 0 Å². The molecule has 106 valence electrons. The maximum atomic E-state index is 12.0. The molecule has 0 bridgehead atoms. The van der Waals surface area contributed by atoms with Gasteiger partial charge in [0.2, 0.25) is 5.91 Å². The van der Waals surface area contributed by atoms with Crippen molar-refractivity contribution in [2.45, 2.75) is 6.54 Å². The maximum Gasteiger partial charge on any atom is 0.352 e. The summed E-state index contributed by atoms with van der Waals surface area (Å²) in [6.45, 7) is -0.0314. The first-order valence-corrected chi connectivity index (χ1v) is 7.17. The number of hydrogen-bond donors (Lipinski definition) is 2. The van der Waals surface area contributed by atoms with Crippen LogP contribution < -0.4 is 5.32 Å². The lowest BCUT2D eigenvalue weighted by Crippen LogP contribution is -2.20. The van der Waals surface area contributed by atoms with E-state index in [1.54, 1.807) is 23.6 Å². The minimum atomic E-state index is -1.05. The van der Waals surface area contributed by atoms with Crippen LogP contribution in [0.1, 0.15) is 10.5 Å². The van der Waals surface area contributed by atoms with Gasteiger partial charge in [-0.2, -0.15) is 0 Å². The second-order valence-electron chi connectivity index (χ2n) is 4.55. The number of fused-ring (bicyclic) bond motifs is 1. The predicted molar refractivity (Wildman–Crippen MR) is 81.8 cm³/mol. The fourth-order valence-electron chi connectivity index (χ4n) is 2.15. The van der Waals surface area contributed by atoms with E-state index in [2.05, 4.69) is 5.32 Å². The van der Waals surface area contributed by atoms with Gasteiger partial charge in [-0.25, -0.2) is 4.79 Å². The third-order valence-corrected chi connectivity index (χ3v) is 4.00. The Bertz CT molecular complexity index is 819. The molecule has 0 aliphatic carbocycles. The Kier molecular flexibility index (Phi) is 3.45. The SMILES string of the molecule is O=C(Cn1cccc1C(=O)O)Nc1ccc2sccc2c1. The van der Waals surface area contributed by atoms with Crippen molar-refractivity contribution in [3.63, 3.8) is 0 Å². The van der Waals surface area contributed by atoms with Gasteiger partial charge in [-0.3, -0.25) is 4.79 Å². The first-order chi connectivity index (χ1) is 10.1. The number of amides is 1. The van der Waals surface area contributed by atoms with E-state index in [4.69, 9.17) is 5.11 Å². The Hall–Kier alpha value is -2.60. The summed E-state index contributed by atoms with van der Waals surface area (Å²) < 4.78 is 2.56. The lowest BCUT2D eigenvalue weighted by atomic mass is 10.2. The highest BCUT2D eigenvalue weighted by atomic mass is 32.1. The number of carboxylic acid groups (broad SMARTS) is 1. The quantitative estimate of drug-likeness (QED) is 0.778. The number of rotatable bonds is 4. The minimum Gasteiger partial charge on any atom is -0.477 e. The smallest absolute Gasteiger partial charge is 0.352 e. The zero-order valence-electron chi connectivity index (χ0n) is 10.9. The van der Waals surface area contributed by atoms with E-state index in [9.17, 15) is 9.59 Å². The standard InChI is InChI=1S/C15H12N2O3S/c18-14(9-17-6-1-2-12(17)15(19)20)16-11-3-4-13-10(8-11)5-7-21-13/h1-8H,9H2,(H,16,18)(H,19,20). The molecule has 6 heteroatoms. The number of carbonyl (C=O) groups excluding carboxylic acids is 1. The number of nitrogens with one attached hydrogen (secondary N) is 1. The topological polar surface area (TPSA) is 71.3 Å². The van der Waals surface area contributed by atoms with E-state index >= 15 is 0 Å². The van der Waals surface area contributed by atoms with Crippen molar-refractivity contribution in [2.75, 3.05) is 5.32 Å². The first kappa shape index (κ1) is 13.4. The van der Waals surface area contributed by atoms with Gasteiger partial charge in [0.1, 0.15) is 12.2 Å². The highest BCUT2D eigenvalue weighted by Gasteiger charge is 2.11. The molecule has 2 heterocycles. The zero-order chi connectivity index (χ0) is 14.8. The van der Waals surface area contributed by atoms with Gasteiger partial charge in [0.25, 0.3) is 0 Å². The summed E-state index contributed by atoms with van der Waals surface area (Å²) in [6.07, 6.45) is 1.57. The molecule has 0 saturated carbocycles. The van der Waals surface area contributed by atoms with Crippen LogP contribution in [-0.4, -0.2) is 21.6 Å². The van der Waals surface area contributed by atoms with Crippen LogP contribution in [0.4, 0.5) is 5.69 Å². The lowest BCUT2D eigenvalue weighted by Gasteiger charge is -2.08. The summed E-state index contributed by atoms with van der Waals surface area (Å²) in [5, 5.41) is 14.9. The summed E-state index contributed by atoms with van der Waals surface area (Å²) >= 11 is 1.64. The van der Waals surface area contributed by atoms with E-state index in [0.29, 0.717) is 5.69 Å². The molecule has 2 aromatic heterocycles. The molecule has 0 fully saturated rings. The molecule has 0 aliphatic rings. The number of aromatic carboxylic acids is 1. The zero-order valence-corrected chi connectivity index (χ0v) is 11.8. The fraction of sp³-hybridized carbons (Fsp3) is 0.0667. The monoisotopic (exact) mass is 300 g/mol. The largest absolute Gasteiger partial charge is 0.477 e. The van der Waals surface area contributed by atoms with E-state index in [0.717, 1.165) is 10.1 Å². The predicted octanol–water partition coefficient (Wildman–Crippen LogP) is 3.04. The molecule has 2 N–H and O–H groups in total. The highest BCUT2D eigenvalue weighted by molar-refractivity contribution is 7.17. The Morgan fingerprint density at radius 1 is 1.24 bits per heavy atom. The van der Waals surface area contributed by atoms with Gasteiger partial charge in [0.15, 0.2) is 0 Å². The summed E-state index contributed by atoms with van der Waals surface area (Å²) in [5.41, 5.74) is 0.799. The van der Waals surface area contributed by atoms with Gasteiger partial charge >= 0.3 is 5.97 Å². The molecule has 0 unspecified atom stereocenters. The normalized spacial score (nSPS) is 10.7. The number of anilines is 1. The van der Waals surface area contributed by atoms with Gasteiger partial charge in [0, 0.05) is 16.6 Å². The molecule has 0 aliphatic heterocycles. The molecule has 3 rings (SSSR count). The van der Waals surface area contributed by atoms with Gasteiger partial charge in [-0.15, -0.1) is 11.3 Å². The van der Waals surface area contributed by atoms with Gasteiger partial charge in [0.05, 0.1) is 0 Å². The van der Waals surface area contributed by atoms with Crippen molar-refractivity contribution in [2.24, 2.45) is 0 Å². The number of nitrogens with zero attached hydrogens (tertiary/aromatic N) is 1. The lowest BCUT2D eigenvalue weighted by molar-refractivity contribution is -0.116. The maximum absolute atomic E-state index is 12.0. The third kappa shape index (κ3) is 2.80. The number of carbonyl (C=O) groups is 2. The molecular weight excluding hydrogens is 288 g/mol. The van der Waals surface area contributed by atoms with Crippen LogP contribution in [0.5, 0.6) is 0 Å². The average Bonchev–Trinajstić information content (AvgIpc) is 3.06. The molecule has 5 nitrogen and oxygen atoms in total. The molecule has 0 saturated heterocycles. The van der Waals surface area contributed by atoms with Crippen LogP contribution in [0.2, 0.25) is 0 Å². The second kappa shape index (κ2) is 5.41. The molecule has 1 amide bonds. The Morgan fingerprint density at radius 2 is 2.10 bits per heavy atom. The molecule has 21 heavy (non-hydrogen) atoms. The third-order valence-electron chi connectivity index (χ3n) is 3.10. The van der Waals surface area contributed by atoms with Crippen molar-refractivity contribution in [3.05, 3.63) is 53.7 Å². The van der Waals surface area contributed by atoms with Crippen LogP contribution in [0.25, 0.3) is 10.1 Å². The fourth-order valence-corrected chi connectivity index (χ4v) is 2.92. The molecule has 0 spiro atoms. The van der Waals surface area contributed by atoms with Gasteiger partial charge in [-0.05, 0) is 47.2 Å². The van der Waals surface area contributed by atoms with Gasteiger partial charge in [-0.1, -0.05) is 0 Å². The van der Waals surface area contributed by atoms with Crippen molar-refractivity contribution < 1.29 is 14.7 Å². The summed E-state index contributed by atoms with van der Waals surface area (Å²) in [7, 11) is 0. The number of aromatic nitrogens is 1. The average molecular weight is 300 g/mol. The van der Waals surface area contributed by atoms with Gasteiger partial charge < -0.3 is 15.0 Å². The Morgan fingerprint density at radius 3 is 2.90 bits per heavy atom. The van der Waals surface area contributed by atoms with Crippen LogP contribution in [0, 0.1) is 0 Å². The number of hydrogen-bond acceptors (Lipinski definition) is 3. The van der Waals surface area contributed by atoms with Crippen LogP contribution in [0.3, 0.4) is 0 Å². The molecule has 0 atom stereocenters. The van der Waals surface area contributed by atoms with Crippen LogP contribution >= 0.6 is 11.3 Å². The summed E-state index contributed by atoms with van der Waals surface area (Å²) in [4.78, 5) is 23.0. The van der Waals surface area contributed by atoms with E-state index in [-0.39, 0.29) is 18.1 Å². The van der Waals surface area contributed by atoms with Crippen LogP contribution in [-0.2, 0) is 11.3 Å². The molecular formula is C15H12N2O3S. The first-order valence-electron chi connectivity index (χ1n) is 6.29. The Balaban J connectivity index is 1.73. The van der Waals surface area contributed by atoms with E-state index in [1.165, 1.54) is 10.6 Å². The Labute approximate surface area is 124 Å². The van der Waals surface area contributed by atoms with Crippen LogP contribution in [0.15, 0.2) is 48.0 Å². The number of benzene rings is 1. The number of thiophene rings is 1. The van der Waals surface area contributed by atoms with E-state index < -0.39 is 5.97 Å². The number of carboxylic acids is 1. The minimum absolute atomic E-state index is 0.0314. The van der Waals surface area contributed by atoms with E-state index in [1.807, 2.05) is 29.6 Å². The molecule has 0 radical (unpaired) electrons. The van der Waals surface area contributed by atoms with Crippen molar-refractivity contribution in [3.8, 4) is 0 Å². The summed E-state index contributed by atoms with van der Waals surface area (Å²) in [6, 6.07) is 10.8. The second-order valence-corrected chi connectivity index (χ2v) is 5.50. The highest BCUT2D eigenvalue weighted by Crippen LogP contribution is 2.23. The summed E-state index contributed by atoms with van der Waals surface area (Å²) in [5.74, 6) is -1.31. The molecule has 1 aromatic carbocycles.